The summed E-state index contributed by atoms with van der Waals surface area (Å²) in [6.45, 7) is 3.44. The standard InChI is InChI=1S/C14H16F3N3O2/c1-13(2,21)8-20-5-4-10(19-20)9-6-12(14(15,16)17)18-7-11(9)22-3/h4-7,21H,8H2,1-3H3. The normalized spacial score (nSPS) is 12.5. The molecule has 1 N–H and O–H groups in total. The van der Waals surface area contributed by atoms with Crippen LogP contribution in [0, 0.1) is 0 Å². The molecule has 2 rings (SSSR count). The second-order valence-corrected chi connectivity index (χ2v) is 5.48. The average molecular weight is 315 g/mol. The van der Waals surface area contributed by atoms with Crippen LogP contribution in [0.1, 0.15) is 19.5 Å². The fraction of sp³-hybridized carbons (Fsp3) is 0.429. The van der Waals surface area contributed by atoms with E-state index in [9.17, 15) is 18.3 Å². The molecule has 0 aromatic carbocycles. The largest absolute Gasteiger partial charge is 0.494 e. The van der Waals surface area contributed by atoms with Gasteiger partial charge in [0.2, 0.25) is 0 Å². The molecule has 5 nitrogen and oxygen atoms in total. The van der Waals surface area contributed by atoms with Crippen molar-refractivity contribution >= 4 is 0 Å². The van der Waals surface area contributed by atoms with Crippen molar-refractivity contribution in [2.24, 2.45) is 0 Å². The molecule has 0 aliphatic rings. The van der Waals surface area contributed by atoms with Crippen LogP contribution in [0.5, 0.6) is 5.75 Å². The fourth-order valence-electron chi connectivity index (χ4n) is 1.95. The highest BCUT2D eigenvalue weighted by Gasteiger charge is 2.33. The number of halogens is 3. The summed E-state index contributed by atoms with van der Waals surface area (Å²) in [5.74, 6) is 0.196. The highest BCUT2D eigenvalue weighted by molar-refractivity contribution is 5.66. The van der Waals surface area contributed by atoms with Gasteiger partial charge in [-0.15, -0.1) is 0 Å². The van der Waals surface area contributed by atoms with E-state index < -0.39 is 17.5 Å². The molecule has 2 aromatic rings. The van der Waals surface area contributed by atoms with E-state index in [2.05, 4.69) is 10.1 Å². The highest BCUT2D eigenvalue weighted by Crippen LogP contribution is 2.34. The van der Waals surface area contributed by atoms with Crippen LogP contribution < -0.4 is 4.74 Å². The van der Waals surface area contributed by atoms with Gasteiger partial charge >= 0.3 is 6.18 Å². The molecule has 120 valence electrons. The molecular formula is C14H16F3N3O2. The van der Waals surface area contributed by atoms with Crippen molar-refractivity contribution in [2.45, 2.75) is 32.2 Å². The third kappa shape index (κ3) is 3.76. The van der Waals surface area contributed by atoms with Crippen LogP contribution in [-0.2, 0) is 12.7 Å². The van der Waals surface area contributed by atoms with Crippen molar-refractivity contribution in [3.63, 3.8) is 0 Å². The first-order valence-corrected chi connectivity index (χ1v) is 6.47. The Labute approximate surface area is 125 Å². The van der Waals surface area contributed by atoms with E-state index in [1.807, 2.05) is 0 Å². The molecule has 0 amide bonds. The minimum Gasteiger partial charge on any atom is -0.494 e. The molecule has 2 heterocycles. The molecule has 0 aliphatic heterocycles. The first kappa shape index (κ1) is 16.3. The topological polar surface area (TPSA) is 60.2 Å². The quantitative estimate of drug-likeness (QED) is 0.942. The van der Waals surface area contributed by atoms with Crippen LogP contribution in [0.2, 0.25) is 0 Å². The van der Waals surface area contributed by atoms with Crippen molar-refractivity contribution in [3.05, 3.63) is 30.2 Å². The summed E-state index contributed by atoms with van der Waals surface area (Å²) in [5.41, 5.74) is -1.49. The number of pyridine rings is 1. The van der Waals surface area contributed by atoms with E-state index in [4.69, 9.17) is 4.74 Å². The minimum absolute atomic E-state index is 0.194. The van der Waals surface area contributed by atoms with E-state index in [1.165, 1.54) is 11.8 Å². The summed E-state index contributed by atoms with van der Waals surface area (Å²) in [6.07, 6.45) is -1.94. The highest BCUT2D eigenvalue weighted by atomic mass is 19.4. The summed E-state index contributed by atoms with van der Waals surface area (Å²) >= 11 is 0. The number of hydrogen-bond acceptors (Lipinski definition) is 4. The zero-order valence-corrected chi connectivity index (χ0v) is 12.3. The average Bonchev–Trinajstić information content (AvgIpc) is 2.83. The summed E-state index contributed by atoms with van der Waals surface area (Å²) in [4.78, 5) is 3.35. The molecule has 0 saturated heterocycles. The van der Waals surface area contributed by atoms with Gasteiger partial charge in [-0.2, -0.15) is 18.3 Å². The molecule has 0 atom stereocenters. The summed E-state index contributed by atoms with van der Waals surface area (Å²) < 4.78 is 44.9. The van der Waals surface area contributed by atoms with Crippen molar-refractivity contribution in [3.8, 4) is 17.0 Å². The third-order valence-electron chi connectivity index (χ3n) is 2.84. The second kappa shape index (κ2) is 5.60. The van der Waals surface area contributed by atoms with E-state index in [0.29, 0.717) is 5.69 Å². The number of hydrogen-bond donors (Lipinski definition) is 1. The number of methoxy groups -OCH3 is 1. The molecule has 0 fully saturated rings. The lowest BCUT2D eigenvalue weighted by Crippen LogP contribution is -2.26. The number of alkyl halides is 3. The minimum atomic E-state index is -4.54. The number of aromatic nitrogens is 3. The molecule has 22 heavy (non-hydrogen) atoms. The van der Waals surface area contributed by atoms with Gasteiger partial charge < -0.3 is 9.84 Å². The summed E-state index contributed by atoms with van der Waals surface area (Å²) in [7, 11) is 1.35. The van der Waals surface area contributed by atoms with Gasteiger partial charge in [-0.05, 0) is 26.0 Å². The molecule has 0 spiro atoms. The van der Waals surface area contributed by atoms with Crippen molar-refractivity contribution < 1.29 is 23.0 Å². The predicted molar refractivity (Wildman–Crippen MR) is 73.3 cm³/mol. The van der Waals surface area contributed by atoms with Crippen LogP contribution in [0.3, 0.4) is 0 Å². The molecule has 8 heteroatoms. The summed E-state index contributed by atoms with van der Waals surface area (Å²) in [6, 6.07) is 2.46. The van der Waals surface area contributed by atoms with Crippen LogP contribution >= 0.6 is 0 Å². The van der Waals surface area contributed by atoms with E-state index in [0.717, 1.165) is 12.3 Å². The van der Waals surface area contributed by atoms with Crippen molar-refractivity contribution in [1.29, 1.82) is 0 Å². The molecular weight excluding hydrogens is 299 g/mol. The van der Waals surface area contributed by atoms with Crippen LogP contribution in [0.15, 0.2) is 24.5 Å². The van der Waals surface area contributed by atoms with Crippen LogP contribution in [0.4, 0.5) is 13.2 Å². The van der Waals surface area contributed by atoms with Crippen LogP contribution in [0.25, 0.3) is 11.3 Å². The Kier molecular flexibility index (Phi) is 4.15. The first-order valence-electron chi connectivity index (χ1n) is 6.47. The third-order valence-corrected chi connectivity index (χ3v) is 2.84. The zero-order chi connectivity index (χ0) is 16.5. The molecule has 2 aromatic heterocycles. The lowest BCUT2D eigenvalue weighted by atomic mass is 10.1. The van der Waals surface area contributed by atoms with E-state index in [-0.39, 0.29) is 17.9 Å². The van der Waals surface area contributed by atoms with Gasteiger partial charge in [-0.25, -0.2) is 4.98 Å². The Morgan fingerprint density at radius 3 is 2.55 bits per heavy atom. The molecule has 0 saturated carbocycles. The zero-order valence-electron chi connectivity index (χ0n) is 12.3. The Morgan fingerprint density at radius 1 is 1.32 bits per heavy atom. The van der Waals surface area contributed by atoms with E-state index >= 15 is 0 Å². The first-order chi connectivity index (χ1) is 10.1. The second-order valence-electron chi connectivity index (χ2n) is 5.48. The predicted octanol–water partition coefficient (Wildman–Crippen LogP) is 2.74. The van der Waals surface area contributed by atoms with Gasteiger partial charge in [0, 0.05) is 11.8 Å². The maximum absolute atomic E-state index is 12.8. The smallest absolute Gasteiger partial charge is 0.433 e. The number of aliphatic hydroxyl groups is 1. The molecule has 0 radical (unpaired) electrons. The van der Waals surface area contributed by atoms with Crippen LogP contribution in [-0.4, -0.2) is 32.6 Å². The SMILES string of the molecule is COc1cnc(C(F)(F)F)cc1-c1ccn(CC(C)(C)O)n1. The van der Waals surface area contributed by atoms with Gasteiger partial charge in [0.15, 0.2) is 0 Å². The van der Waals surface area contributed by atoms with Gasteiger partial charge in [0.1, 0.15) is 11.4 Å². The Hall–Kier alpha value is -2.09. The lowest BCUT2D eigenvalue weighted by molar-refractivity contribution is -0.141. The Bertz CT molecular complexity index is 660. The number of nitrogens with zero attached hydrogens (tertiary/aromatic N) is 3. The molecule has 0 unspecified atom stereocenters. The maximum Gasteiger partial charge on any atom is 0.433 e. The Morgan fingerprint density at radius 2 is 2.00 bits per heavy atom. The van der Waals surface area contributed by atoms with Gasteiger partial charge in [0.05, 0.1) is 31.1 Å². The van der Waals surface area contributed by atoms with E-state index in [1.54, 1.807) is 26.1 Å². The van der Waals surface area contributed by atoms with Gasteiger partial charge in [0.25, 0.3) is 0 Å². The number of ether oxygens (including phenoxy) is 1. The number of rotatable bonds is 4. The lowest BCUT2D eigenvalue weighted by Gasteiger charge is -2.16. The Balaban J connectivity index is 2.43. The summed E-state index contributed by atoms with van der Waals surface area (Å²) in [5, 5.41) is 13.9. The monoisotopic (exact) mass is 315 g/mol. The van der Waals surface area contributed by atoms with Crippen molar-refractivity contribution in [1.82, 2.24) is 14.8 Å². The molecule has 0 aliphatic carbocycles. The maximum atomic E-state index is 12.8. The van der Waals surface area contributed by atoms with Crippen molar-refractivity contribution in [2.75, 3.05) is 7.11 Å². The molecule has 0 bridgehead atoms. The fourth-order valence-corrected chi connectivity index (χ4v) is 1.95. The van der Waals surface area contributed by atoms with Gasteiger partial charge in [-0.1, -0.05) is 0 Å². The van der Waals surface area contributed by atoms with Gasteiger partial charge in [-0.3, -0.25) is 4.68 Å².